The molecule has 1 aliphatic heterocycles. The van der Waals surface area contributed by atoms with E-state index in [9.17, 15) is 9.59 Å². The number of nitrogens with zero attached hydrogens (tertiary/aromatic N) is 1. The quantitative estimate of drug-likeness (QED) is 0.840. The number of hydrogen-bond acceptors (Lipinski definition) is 4. The third-order valence-corrected chi connectivity index (χ3v) is 3.20. The lowest BCUT2D eigenvalue weighted by Crippen LogP contribution is -2.41. The van der Waals surface area contributed by atoms with Gasteiger partial charge in [-0.1, -0.05) is 12.1 Å². The molecular formula is C16H22N2O4. The summed E-state index contributed by atoms with van der Waals surface area (Å²) in [6, 6.07) is 7.20. The number of nitrogens with one attached hydrogen (secondary N) is 1. The number of anilines is 1. The van der Waals surface area contributed by atoms with Crippen LogP contribution in [-0.2, 0) is 14.3 Å². The van der Waals surface area contributed by atoms with Gasteiger partial charge in [-0.15, -0.1) is 0 Å². The molecule has 1 fully saturated rings. The van der Waals surface area contributed by atoms with Crippen molar-refractivity contribution in [3.05, 3.63) is 24.3 Å². The van der Waals surface area contributed by atoms with Crippen LogP contribution in [0.3, 0.4) is 0 Å². The molecule has 6 heteroatoms. The molecular weight excluding hydrogens is 284 g/mol. The van der Waals surface area contributed by atoms with Crippen LogP contribution in [0.2, 0.25) is 0 Å². The number of carbonyl (C=O) groups excluding carboxylic acids is 2. The highest BCUT2D eigenvalue weighted by Gasteiger charge is 2.20. The summed E-state index contributed by atoms with van der Waals surface area (Å²) >= 11 is 0. The number of amides is 2. The molecule has 1 heterocycles. The minimum atomic E-state index is -0.337. The van der Waals surface area contributed by atoms with Gasteiger partial charge in [0.2, 0.25) is 11.8 Å². The fourth-order valence-electron chi connectivity index (χ4n) is 2.18. The van der Waals surface area contributed by atoms with Crippen molar-refractivity contribution in [2.24, 2.45) is 0 Å². The Bertz CT molecular complexity index is 525. The third-order valence-electron chi connectivity index (χ3n) is 3.20. The summed E-state index contributed by atoms with van der Waals surface area (Å²) in [5.41, 5.74) is 0.580. The van der Waals surface area contributed by atoms with Gasteiger partial charge in [-0.05, 0) is 26.0 Å². The summed E-state index contributed by atoms with van der Waals surface area (Å²) < 4.78 is 10.8. The van der Waals surface area contributed by atoms with E-state index in [1.54, 1.807) is 17.0 Å². The largest absolute Gasteiger partial charge is 0.489 e. The summed E-state index contributed by atoms with van der Waals surface area (Å²) in [7, 11) is 0. The molecule has 1 saturated heterocycles. The van der Waals surface area contributed by atoms with E-state index >= 15 is 0 Å². The van der Waals surface area contributed by atoms with Gasteiger partial charge >= 0.3 is 0 Å². The zero-order valence-electron chi connectivity index (χ0n) is 13.0. The molecule has 0 unspecified atom stereocenters. The van der Waals surface area contributed by atoms with E-state index in [4.69, 9.17) is 9.47 Å². The molecule has 0 saturated carbocycles. The van der Waals surface area contributed by atoms with Crippen LogP contribution in [0.1, 0.15) is 20.3 Å². The summed E-state index contributed by atoms with van der Waals surface area (Å²) in [5.74, 6) is 0.0871. The van der Waals surface area contributed by atoms with Gasteiger partial charge in [-0.3, -0.25) is 9.59 Å². The third kappa shape index (κ3) is 4.73. The lowest BCUT2D eigenvalue weighted by atomic mass is 10.2. The first-order valence-electron chi connectivity index (χ1n) is 7.47. The topological polar surface area (TPSA) is 67.9 Å². The Morgan fingerprint density at radius 3 is 2.64 bits per heavy atom. The fourth-order valence-corrected chi connectivity index (χ4v) is 2.18. The molecule has 2 amide bonds. The van der Waals surface area contributed by atoms with Crippen molar-refractivity contribution in [2.45, 2.75) is 26.4 Å². The smallest absolute Gasteiger partial charge is 0.233 e. The molecule has 22 heavy (non-hydrogen) atoms. The average Bonchev–Trinajstić information content (AvgIpc) is 2.49. The van der Waals surface area contributed by atoms with Gasteiger partial charge in [0.05, 0.1) is 25.0 Å². The molecule has 1 aromatic rings. The van der Waals surface area contributed by atoms with E-state index in [1.165, 1.54) is 0 Å². The molecule has 1 aliphatic rings. The maximum Gasteiger partial charge on any atom is 0.233 e. The van der Waals surface area contributed by atoms with E-state index in [0.29, 0.717) is 37.7 Å². The number of carbonyl (C=O) groups is 2. The molecule has 0 aliphatic carbocycles. The van der Waals surface area contributed by atoms with Gasteiger partial charge in [-0.2, -0.15) is 0 Å². The molecule has 0 aromatic heterocycles. The summed E-state index contributed by atoms with van der Waals surface area (Å²) in [5, 5.41) is 2.74. The van der Waals surface area contributed by atoms with Crippen LogP contribution >= 0.6 is 0 Å². The summed E-state index contributed by atoms with van der Waals surface area (Å²) in [6.45, 7) is 5.97. The predicted octanol–water partition coefficient (Wildman–Crippen LogP) is 1.66. The first-order chi connectivity index (χ1) is 10.6. The Balaban J connectivity index is 1.92. The Labute approximate surface area is 130 Å². The first kappa shape index (κ1) is 16.3. The van der Waals surface area contributed by atoms with Crippen molar-refractivity contribution in [1.29, 1.82) is 0 Å². The Hall–Kier alpha value is -2.08. The van der Waals surface area contributed by atoms with Crippen LogP contribution in [0.4, 0.5) is 5.69 Å². The average molecular weight is 306 g/mol. The fraction of sp³-hybridized carbons (Fsp3) is 0.500. The van der Waals surface area contributed by atoms with Crippen LogP contribution in [0.5, 0.6) is 5.75 Å². The van der Waals surface area contributed by atoms with Gasteiger partial charge in [-0.25, -0.2) is 0 Å². The Morgan fingerprint density at radius 1 is 1.27 bits per heavy atom. The monoisotopic (exact) mass is 306 g/mol. The highest BCUT2D eigenvalue weighted by atomic mass is 16.5. The molecule has 0 bridgehead atoms. The van der Waals surface area contributed by atoms with Gasteiger partial charge in [0.15, 0.2) is 0 Å². The zero-order valence-corrected chi connectivity index (χ0v) is 13.0. The van der Waals surface area contributed by atoms with Crippen LogP contribution in [0.15, 0.2) is 24.3 Å². The number of ether oxygens (including phenoxy) is 2. The molecule has 1 aromatic carbocycles. The van der Waals surface area contributed by atoms with Crippen LogP contribution in [-0.4, -0.2) is 49.1 Å². The Kier molecular flexibility index (Phi) is 5.77. The molecule has 0 atom stereocenters. The molecule has 120 valence electrons. The molecule has 1 N–H and O–H groups in total. The first-order valence-corrected chi connectivity index (χ1v) is 7.47. The highest BCUT2D eigenvalue weighted by molar-refractivity contribution is 6.04. The van der Waals surface area contributed by atoms with Crippen LogP contribution in [0, 0.1) is 0 Å². The summed E-state index contributed by atoms with van der Waals surface area (Å²) in [6.07, 6.45) is -0.163. The van der Waals surface area contributed by atoms with E-state index < -0.39 is 0 Å². The maximum atomic E-state index is 12.1. The number of hydrogen-bond donors (Lipinski definition) is 1. The van der Waals surface area contributed by atoms with Gasteiger partial charge in [0.1, 0.15) is 12.2 Å². The predicted molar refractivity (Wildman–Crippen MR) is 82.9 cm³/mol. The van der Waals surface area contributed by atoms with E-state index in [2.05, 4.69) is 5.32 Å². The second-order valence-electron chi connectivity index (χ2n) is 5.38. The minimum absolute atomic E-state index is 0.00744. The van der Waals surface area contributed by atoms with Crippen molar-refractivity contribution in [1.82, 2.24) is 4.90 Å². The molecule has 6 nitrogen and oxygen atoms in total. The van der Waals surface area contributed by atoms with Gasteiger partial charge in [0, 0.05) is 13.1 Å². The van der Waals surface area contributed by atoms with Crippen molar-refractivity contribution in [2.75, 3.05) is 31.6 Å². The Morgan fingerprint density at radius 2 is 1.95 bits per heavy atom. The second-order valence-corrected chi connectivity index (χ2v) is 5.38. The van der Waals surface area contributed by atoms with E-state index in [0.717, 1.165) is 0 Å². The number of rotatable bonds is 5. The van der Waals surface area contributed by atoms with Gasteiger partial charge < -0.3 is 19.7 Å². The maximum absolute atomic E-state index is 12.1. The van der Waals surface area contributed by atoms with Gasteiger partial charge in [0.25, 0.3) is 0 Å². The summed E-state index contributed by atoms with van der Waals surface area (Å²) in [4.78, 5) is 25.8. The number of morpholine rings is 1. The lowest BCUT2D eigenvalue weighted by Gasteiger charge is -2.26. The van der Waals surface area contributed by atoms with Crippen molar-refractivity contribution in [3.8, 4) is 5.75 Å². The van der Waals surface area contributed by atoms with E-state index in [1.807, 2.05) is 26.0 Å². The highest BCUT2D eigenvalue weighted by Crippen LogP contribution is 2.25. The minimum Gasteiger partial charge on any atom is -0.489 e. The molecule has 0 radical (unpaired) electrons. The zero-order chi connectivity index (χ0) is 15.9. The van der Waals surface area contributed by atoms with Crippen molar-refractivity contribution < 1.29 is 19.1 Å². The number of benzene rings is 1. The molecule has 2 rings (SSSR count). The normalized spacial score (nSPS) is 14.8. The SMILES string of the molecule is CC(C)Oc1ccccc1NC(=O)CC(=O)N1CCOCC1. The van der Waals surface area contributed by atoms with Crippen molar-refractivity contribution >= 4 is 17.5 Å². The number of para-hydroxylation sites is 2. The standard InChI is InChI=1S/C16H22N2O4/c1-12(2)22-14-6-4-3-5-13(14)17-15(19)11-16(20)18-7-9-21-10-8-18/h3-6,12H,7-11H2,1-2H3,(H,17,19). The molecule has 0 spiro atoms. The lowest BCUT2D eigenvalue weighted by molar-refractivity contribution is -0.138. The van der Waals surface area contributed by atoms with Crippen molar-refractivity contribution in [3.63, 3.8) is 0 Å². The second kappa shape index (κ2) is 7.79. The van der Waals surface area contributed by atoms with E-state index in [-0.39, 0.29) is 24.3 Å². The van der Waals surface area contributed by atoms with Crippen LogP contribution < -0.4 is 10.1 Å². The van der Waals surface area contributed by atoms with Crippen LogP contribution in [0.25, 0.3) is 0 Å².